The van der Waals surface area contributed by atoms with Gasteiger partial charge >= 0.3 is 0 Å². The summed E-state index contributed by atoms with van der Waals surface area (Å²) in [6, 6.07) is 0. The Labute approximate surface area is 123 Å². The van der Waals surface area contributed by atoms with E-state index in [0.717, 1.165) is 17.0 Å². The van der Waals surface area contributed by atoms with E-state index < -0.39 is 0 Å². The minimum atomic E-state index is -0.148. The molecule has 20 heavy (non-hydrogen) atoms. The lowest BCUT2D eigenvalue weighted by Gasteiger charge is -2.42. The highest BCUT2D eigenvalue weighted by molar-refractivity contribution is 5.55. The number of hydrogen-bond donors (Lipinski definition) is 0. The van der Waals surface area contributed by atoms with Crippen LogP contribution < -0.4 is 0 Å². The second-order valence-corrected chi connectivity index (χ2v) is 5.44. The molecule has 1 aliphatic rings. The Hall–Kier alpha value is -2.02. The van der Waals surface area contributed by atoms with Gasteiger partial charge in [-0.1, -0.05) is 64.5 Å². The van der Waals surface area contributed by atoms with Crippen LogP contribution in [0.25, 0.3) is 0 Å². The molecule has 0 aromatic carbocycles. The molecule has 1 aliphatic heterocycles. The lowest BCUT2D eigenvalue weighted by molar-refractivity contribution is 0.438. The Kier molecular flexibility index (Phi) is 4.78. The van der Waals surface area contributed by atoms with Crippen molar-refractivity contribution >= 4 is 0 Å². The zero-order valence-corrected chi connectivity index (χ0v) is 13.2. The molecule has 1 heteroatoms. The molecule has 0 saturated heterocycles. The molecule has 0 radical (unpaired) electrons. The van der Waals surface area contributed by atoms with Crippen molar-refractivity contribution in [3.8, 4) is 0 Å². The van der Waals surface area contributed by atoms with Gasteiger partial charge in [-0.3, -0.25) is 0 Å². The van der Waals surface area contributed by atoms with Crippen LogP contribution in [0.2, 0.25) is 0 Å². The van der Waals surface area contributed by atoms with Crippen LogP contribution in [0.1, 0.15) is 20.8 Å². The van der Waals surface area contributed by atoms with Crippen LogP contribution in [-0.2, 0) is 0 Å². The SMILES string of the molecule is C=C/C=C(/C)C1=C(C=C)C(C)(C)C(C=C)=C(C=C)N1C. The average molecular weight is 267 g/mol. The van der Waals surface area contributed by atoms with Crippen LogP contribution in [0.5, 0.6) is 0 Å². The van der Waals surface area contributed by atoms with Gasteiger partial charge in [-0.2, -0.15) is 0 Å². The van der Waals surface area contributed by atoms with Crippen LogP contribution >= 0.6 is 0 Å². The molecule has 106 valence electrons. The normalized spacial score (nSPS) is 19.0. The fourth-order valence-corrected chi connectivity index (χ4v) is 2.93. The summed E-state index contributed by atoms with van der Waals surface area (Å²) in [7, 11) is 2.05. The summed E-state index contributed by atoms with van der Waals surface area (Å²) in [5.74, 6) is 0. The lowest BCUT2D eigenvalue weighted by Crippen LogP contribution is -2.33. The summed E-state index contributed by atoms with van der Waals surface area (Å²) >= 11 is 0. The summed E-state index contributed by atoms with van der Waals surface area (Å²) in [6.45, 7) is 22.2. The second kappa shape index (κ2) is 5.96. The monoisotopic (exact) mass is 267 g/mol. The Morgan fingerprint density at radius 2 is 1.55 bits per heavy atom. The van der Waals surface area contributed by atoms with Crippen LogP contribution in [0.3, 0.4) is 0 Å². The predicted octanol–water partition coefficient (Wildman–Crippen LogP) is 5.16. The van der Waals surface area contributed by atoms with Crippen molar-refractivity contribution in [2.75, 3.05) is 7.05 Å². The molecule has 1 rings (SSSR count). The van der Waals surface area contributed by atoms with E-state index >= 15 is 0 Å². The lowest BCUT2D eigenvalue weighted by atomic mass is 9.72. The first kappa shape index (κ1) is 16.0. The van der Waals surface area contributed by atoms with Gasteiger partial charge in [0.1, 0.15) is 0 Å². The van der Waals surface area contributed by atoms with Gasteiger partial charge in [0.2, 0.25) is 0 Å². The van der Waals surface area contributed by atoms with Crippen molar-refractivity contribution in [3.63, 3.8) is 0 Å². The van der Waals surface area contributed by atoms with E-state index in [4.69, 9.17) is 0 Å². The Bertz CT molecular complexity index is 550. The summed E-state index contributed by atoms with van der Waals surface area (Å²) in [4.78, 5) is 2.15. The number of allylic oxidation sites excluding steroid dienone is 8. The zero-order valence-electron chi connectivity index (χ0n) is 13.2. The first-order valence-corrected chi connectivity index (χ1v) is 6.77. The van der Waals surface area contributed by atoms with Crippen molar-refractivity contribution in [2.24, 2.45) is 5.41 Å². The molecule has 0 N–H and O–H groups in total. The largest absolute Gasteiger partial charge is 0.344 e. The maximum Gasteiger partial charge on any atom is 0.0479 e. The van der Waals surface area contributed by atoms with Gasteiger partial charge in [0.15, 0.2) is 0 Å². The van der Waals surface area contributed by atoms with E-state index in [1.54, 1.807) is 0 Å². The Morgan fingerprint density at radius 1 is 1.00 bits per heavy atom. The van der Waals surface area contributed by atoms with Gasteiger partial charge in [-0.15, -0.1) is 0 Å². The first-order valence-electron chi connectivity index (χ1n) is 6.77. The van der Waals surface area contributed by atoms with E-state index in [1.165, 1.54) is 11.1 Å². The van der Waals surface area contributed by atoms with E-state index in [-0.39, 0.29) is 5.41 Å². The molecule has 1 nitrogen and oxygen atoms in total. The molecule has 0 unspecified atom stereocenters. The highest BCUT2D eigenvalue weighted by Crippen LogP contribution is 2.46. The number of rotatable bonds is 5. The molecule has 0 saturated carbocycles. The Balaban J connectivity index is 3.72. The van der Waals surface area contributed by atoms with E-state index in [9.17, 15) is 0 Å². The Morgan fingerprint density at radius 3 is 1.95 bits per heavy atom. The van der Waals surface area contributed by atoms with Crippen LogP contribution in [0.4, 0.5) is 0 Å². The van der Waals surface area contributed by atoms with Crippen LogP contribution in [0, 0.1) is 5.41 Å². The highest BCUT2D eigenvalue weighted by atomic mass is 15.1. The molecular formula is C19H25N. The van der Waals surface area contributed by atoms with Crippen LogP contribution in [-0.4, -0.2) is 11.9 Å². The maximum absolute atomic E-state index is 4.01. The van der Waals surface area contributed by atoms with E-state index in [2.05, 4.69) is 59.0 Å². The van der Waals surface area contributed by atoms with E-state index in [0.29, 0.717) is 0 Å². The first-order chi connectivity index (χ1) is 9.36. The molecule has 0 aromatic heterocycles. The third-order valence-electron chi connectivity index (χ3n) is 3.92. The summed E-state index contributed by atoms with van der Waals surface area (Å²) in [6.07, 6.45) is 9.57. The summed E-state index contributed by atoms with van der Waals surface area (Å²) < 4.78 is 0. The van der Waals surface area contributed by atoms with Crippen LogP contribution in [0.15, 0.2) is 84.8 Å². The van der Waals surface area contributed by atoms with Crippen molar-refractivity contribution in [3.05, 3.63) is 84.8 Å². The van der Waals surface area contributed by atoms with Gasteiger partial charge in [-0.05, 0) is 29.7 Å². The van der Waals surface area contributed by atoms with Gasteiger partial charge in [0.25, 0.3) is 0 Å². The zero-order chi connectivity index (χ0) is 15.5. The average Bonchev–Trinajstić information content (AvgIpc) is 2.39. The topological polar surface area (TPSA) is 3.24 Å². The van der Waals surface area contributed by atoms with Gasteiger partial charge < -0.3 is 4.90 Å². The predicted molar refractivity (Wildman–Crippen MR) is 90.1 cm³/mol. The number of hydrogen-bond acceptors (Lipinski definition) is 1. The molecule has 0 atom stereocenters. The van der Waals surface area contributed by atoms with Crippen molar-refractivity contribution < 1.29 is 0 Å². The standard InChI is InChI=1S/C19H25N/c1-9-13-14(5)18-16(11-3)19(6,7)15(10-2)17(12-4)20(18)8/h9-13H,1-4H2,5-8H3/b14-13-. The van der Waals surface area contributed by atoms with Gasteiger partial charge in [-0.25, -0.2) is 0 Å². The maximum atomic E-state index is 4.01. The molecule has 0 amide bonds. The molecular weight excluding hydrogens is 242 g/mol. The van der Waals surface area contributed by atoms with Crippen molar-refractivity contribution in [2.45, 2.75) is 20.8 Å². The molecule has 0 aromatic rings. The van der Waals surface area contributed by atoms with Gasteiger partial charge in [0.05, 0.1) is 0 Å². The highest BCUT2D eigenvalue weighted by Gasteiger charge is 2.35. The number of nitrogens with zero attached hydrogens (tertiary/aromatic N) is 1. The fourth-order valence-electron chi connectivity index (χ4n) is 2.93. The summed E-state index contributed by atoms with van der Waals surface area (Å²) in [5, 5.41) is 0. The molecule has 0 bridgehead atoms. The molecule has 0 fully saturated rings. The van der Waals surface area contributed by atoms with E-state index in [1.807, 2.05) is 30.4 Å². The number of likely N-dealkylation sites (N-methyl/N-ethyl adjacent to an activating group) is 1. The molecule has 0 spiro atoms. The molecule has 0 aliphatic carbocycles. The quantitative estimate of drug-likeness (QED) is 0.622. The minimum absolute atomic E-state index is 0.148. The third kappa shape index (κ3) is 2.36. The van der Waals surface area contributed by atoms with Gasteiger partial charge in [0, 0.05) is 23.9 Å². The smallest absolute Gasteiger partial charge is 0.0479 e. The second-order valence-electron chi connectivity index (χ2n) is 5.44. The van der Waals surface area contributed by atoms with Crippen molar-refractivity contribution in [1.82, 2.24) is 4.90 Å². The summed E-state index contributed by atoms with van der Waals surface area (Å²) in [5.41, 5.74) is 5.61. The minimum Gasteiger partial charge on any atom is -0.344 e. The van der Waals surface area contributed by atoms with Crippen molar-refractivity contribution in [1.29, 1.82) is 0 Å². The fraction of sp³-hybridized carbons (Fsp3) is 0.263. The molecule has 1 heterocycles. The third-order valence-corrected chi connectivity index (χ3v) is 3.92.